The number of halogens is 4. The van der Waals surface area contributed by atoms with E-state index in [2.05, 4.69) is 28.2 Å². The number of alkyl halides is 1. The maximum atomic E-state index is 15.2. The lowest BCUT2D eigenvalue weighted by Crippen LogP contribution is -2.51. The van der Waals surface area contributed by atoms with Gasteiger partial charge in [0.25, 0.3) is 0 Å². The zero-order valence-corrected chi connectivity index (χ0v) is 26.2. The van der Waals surface area contributed by atoms with Crippen molar-refractivity contribution in [3.8, 4) is 11.3 Å². The van der Waals surface area contributed by atoms with Gasteiger partial charge in [-0.2, -0.15) is 0 Å². The average molecular weight is 712 g/mol. The number of amides is 2. The molecule has 2 aromatic carbocycles. The van der Waals surface area contributed by atoms with Crippen LogP contribution in [0.5, 0.6) is 0 Å². The van der Waals surface area contributed by atoms with Crippen molar-refractivity contribution in [2.75, 3.05) is 39.5 Å². The molecule has 2 amide bonds. The van der Waals surface area contributed by atoms with Crippen molar-refractivity contribution in [3.63, 3.8) is 0 Å². The molecule has 2 aliphatic heterocycles. The summed E-state index contributed by atoms with van der Waals surface area (Å²) in [6, 6.07) is 11.3. The Balaban J connectivity index is 1.64. The van der Waals surface area contributed by atoms with E-state index in [9.17, 15) is 14.3 Å². The maximum Gasteiger partial charge on any atom is 0.318 e. The van der Waals surface area contributed by atoms with Crippen LogP contribution in [0.4, 0.5) is 18.0 Å². The second-order valence-electron chi connectivity index (χ2n) is 11.4. The summed E-state index contributed by atoms with van der Waals surface area (Å²) < 4.78 is 53.9. The third-order valence-corrected chi connectivity index (χ3v) is 8.96. The summed E-state index contributed by atoms with van der Waals surface area (Å²) in [5.74, 6) is -1.23. The molecule has 0 saturated carbocycles. The van der Waals surface area contributed by atoms with Crippen LogP contribution < -0.4 is 5.32 Å². The summed E-state index contributed by atoms with van der Waals surface area (Å²) in [6.07, 6.45) is 1.83. The van der Waals surface area contributed by atoms with E-state index < -0.39 is 41.8 Å². The Kier molecular flexibility index (Phi) is 10.6. The number of imidazole rings is 1. The highest BCUT2D eigenvalue weighted by Crippen LogP contribution is 2.38. The fourth-order valence-corrected chi connectivity index (χ4v) is 6.78. The van der Waals surface area contributed by atoms with Gasteiger partial charge in [-0.3, -0.25) is 0 Å². The van der Waals surface area contributed by atoms with Crippen molar-refractivity contribution in [2.24, 2.45) is 11.8 Å². The number of urea groups is 1. The molecule has 0 spiro atoms. The minimum Gasteiger partial charge on any atom is -0.394 e. The number of nitrogens with zero attached hydrogens (tertiary/aromatic N) is 4. The molecule has 2 aliphatic rings. The minimum atomic E-state index is -1.13. The van der Waals surface area contributed by atoms with Crippen LogP contribution in [0, 0.1) is 23.5 Å². The minimum absolute atomic E-state index is 0.0175. The van der Waals surface area contributed by atoms with E-state index in [0.717, 1.165) is 23.8 Å². The topological polar surface area (TPSA) is 82.9 Å². The summed E-state index contributed by atoms with van der Waals surface area (Å²) in [6.45, 7) is 3.65. The van der Waals surface area contributed by atoms with Crippen LogP contribution in [-0.2, 0) is 11.3 Å². The van der Waals surface area contributed by atoms with Gasteiger partial charge < -0.3 is 24.6 Å². The van der Waals surface area contributed by atoms with Crippen LogP contribution in [-0.4, -0.2) is 80.4 Å². The van der Waals surface area contributed by atoms with Gasteiger partial charge in [-0.15, -0.1) is 0 Å². The first-order chi connectivity index (χ1) is 20.7. The van der Waals surface area contributed by atoms with Crippen molar-refractivity contribution >= 4 is 28.9 Å². The van der Waals surface area contributed by atoms with E-state index in [-0.39, 0.29) is 36.9 Å². The zero-order chi connectivity index (χ0) is 30.5. The standard InChI is InChI=1S/C31H37F3IN5O3/c1-20(19-41)36-31(42)40(16-23-15-39(35)17-27(23)34)29(22-9-11-43-12-10-22)30-37-28(25-13-24(32)7-8-26(25)33)18-38(30)14-21-5-3-2-4-6-21/h2-8,13,18,20,22-23,27,29,41H,9-12,14-17,19H2,1H3,(H,36,42)/t20-,23-,27-,29+/m0/s1. The number of aromatic nitrogens is 2. The number of benzene rings is 2. The Hall–Kier alpha value is -2.68. The monoisotopic (exact) mass is 711 g/mol. The third-order valence-electron chi connectivity index (χ3n) is 8.17. The average Bonchev–Trinajstić information content (AvgIpc) is 3.55. The van der Waals surface area contributed by atoms with Crippen LogP contribution in [0.15, 0.2) is 54.7 Å². The first kappa shape index (κ1) is 31.7. The van der Waals surface area contributed by atoms with Crippen molar-refractivity contribution in [2.45, 2.75) is 44.6 Å². The lowest BCUT2D eigenvalue weighted by atomic mass is 9.89. The number of ether oxygens (including phenoxy) is 1. The number of hydrogen-bond acceptors (Lipinski definition) is 5. The molecule has 0 radical (unpaired) electrons. The Labute approximate surface area is 263 Å². The molecule has 3 heterocycles. The van der Waals surface area contributed by atoms with Gasteiger partial charge >= 0.3 is 6.03 Å². The van der Waals surface area contributed by atoms with Gasteiger partial charge in [-0.25, -0.2) is 26.1 Å². The van der Waals surface area contributed by atoms with Gasteiger partial charge in [0.1, 0.15) is 23.6 Å². The molecule has 0 bridgehead atoms. The predicted octanol–water partition coefficient (Wildman–Crippen LogP) is 5.36. The number of aliphatic hydroxyl groups excluding tert-OH is 1. The van der Waals surface area contributed by atoms with E-state index in [4.69, 9.17) is 9.72 Å². The van der Waals surface area contributed by atoms with Gasteiger partial charge in [0.15, 0.2) is 0 Å². The SMILES string of the molecule is C[C@@H](CO)NC(=O)N(C[C@@H]1CN(I)C[C@@H]1F)[C@@H](c1nc(-c2cc(F)ccc2F)cn1Cc1ccccc1)C1CCOCC1. The highest BCUT2D eigenvalue weighted by molar-refractivity contribution is 14.1. The van der Waals surface area contributed by atoms with Crippen molar-refractivity contribution in [3.05, 3.63) is 77.8 Å². The number of carbonyl (C=O) groups is 1. The molecule has 3 aromatic rings. The quantitative estimate of drug-likeness (QED) is 0.219. The number of aliphatic hydroxyl groups is 1. The molecule has 5 rings (SSSR count). The molecule has 2 N–H and O–H groups in total. The predicted molar refractivity (Wildman–Crippen MR) is 165 cm³/mol. The van der Waals surface area contributed by atoms with Crippen LogP contribution in [0.1, 0.15) is 37.2 Å². The highest BCUT2D eigenvalue weighted by Gasteiger charge is 2.41. The summed E-state index contributed by atoms with van der Waals surface area (Å²) in [7, 11) is 0. The zero-order valence-electron chi connectivity index (χ0n) is 24.0. The molecular weight excluding hydrogens is 674 g/mol. The molecule has 2 fully saturated rings. The van der Waals surface area contributed by atoms with Gasteiger partial charge in [-0.05, 0) is 49.4 Å². The maximum absolute atomic E-state index is 15.2. The van der Waals surface area contributed by atoms with Crippen LogP contribution in [0.3, 0.4) is 0 Å². The summed E-state index contributed by atoms with van der Waals surface area (Å²) in [5.41, 5.74) is 1.22. The Morgan fingerprint density at radius 1 is 1.19 bits per heavy atom. The fraction of sp³-hybridized carbons (Fsp3) is 0.484. The van der Waals surface area contributed by atoms with Crippen molar-refractivity contribution in [1.29, 1.82) is 0 Å². The smallest absolute Gasteiger partial charge is 0.318 e. The van der Waals surface area contributed by atoms with E-state index >= 15 is 8.78 Å². The molecular formula is C31H37F3IN5O3. The molecule has 1 aromatic heterocycles. The first-order valence-corrected chi connectivity index (χ1v) is 15.6. The molecule has 232 valence electrons. The molecule has 12 heteroatoms. The van der Waals surface area contributed by atoms with Crippen molar-refractivity contribution < 1.29 is 27.8 Å². The Morgan fingerprint density at radius 2 is 1.93 bits per heavy atom. The van der Waals surface area contributed by atoms with Crippen molar-refractivity contribution in [1.82, 2.24) is 22.9 Å². The number of hydrogen-bond donors (Lipinski definition) is 2. The van der Waals surface area contributed by atoms with E-state index in [0.29, 0.717) is 45.0 Å². The van der Waals surface area contributed by atoms with E-state index in [1.165, 1.54) is 0 Å². The number of carbonyl (C=O) groups excluding carboxylic acids is 1. The Bertz CT molecular complexity index is 1370. The summed E-state index contributed by atoms with van der Waals surface area (Å²) in [4.78, 5) is 20.5. The van der Waals surface area contributed by atoms with Gasteiger partial charge in [0.2, 0.25) is 0 Å². The molecule has 2 saturated heterocycles. The lowest BCUT2D eigenvalue weighted by Gasteiger charge is -2.40. The molecule has 8 nitrogen and oxygen atoms in total. The Morgan fingerprint density at radius 3 is 2.60 bits per heavy atom. The van der Waals surface area contributed by atoms with Crippen LogP contribution >= 0.6 is 22.9 Å². The van der Waals surface area contributed by atoms with Gasteiger partial charge in [0.05, 0.1) is 24.4 Å². The van der Waals surface area contributed by atoms with Crippen LogP contribution in [0.25, 0.3) is 11.3 Å². The van der Waals surface area contributed by atoms with Gasteiger partial charge in [0, 0.05) is 79.9 Å². The molecule has 0 unspecified atom stereocenters. The van der Waals surface area contributed by atoms with Crippen LogP contribution in [0.2, 0.25) is 0 Å². The molecule has 4 atom stereocenters. The molecule has 43 heavy (non-hydrogen) atoms. The summed E-state index contributed by atoms with van der Waals surface area (Å²) >= 11 is 2.10. The second kappa shape index (κ2) is 14.4. The highest BCUT2D eigenvalue weighted by atomic mass is 127. The summed E-state index contributed by atoms with van der Waals surface area (Å²) in [5, 5.41) is 12.6. The second-order valence-corrected chi connectivity index (χ2v) is 12.8. The molecule has 0 aliphatic carbocycles. The number of rotatable bonds is 10. The first-order valence-electron chi connectivity index (χ1n) is 14.6. The normalized spacial score (nSPS) is 21.1. The fourth-order valence-electron chi connectivity index (χ4n) is 5.90. The van der Waals surface area contributed by atoms with E-state index in [1.54, 1.807) is 18.0 Å². The van der Waals surface area contributed by atoms with E-state index in [1.807, 2.05) is 38.0 Å². The third kappa shape index (κ3) is 7.70. The largest absolute Gasteiger partial charge is 0.394 e. The lowest BCUT2D eigenvalue weighted by molar-refractivity contribution is 0.0252. The number of nitrogens with one attached hydrogen (secondary N) is 1. The van der Waals surface area contributed by atoms with Gasteiger partial charge in [-0.1, -0.05) is 30.3 Å².